The van der Waals surface area contributed by atoms with Crippen molar-refractivity contribution in [3.05, 3.63) is 35.4 Å². The molecule has 3 heteroatoms. The zero-order chi connectivity index (χ0) is 13.9. The minimum atomic E-state index is 0.206. The number of nitrogens with zero attached hydrogens (tertiary/aromatic N) is 1. The quantitative estimate of drug-likeness (QED) is 0.916. The van der Waals surface area contributed by atoms with Crippen molar-refractivity contribution in [1.29, 1.82) is 5.26 Å². The molecule has 104 valence electrons. The van der Waals surface area contributed by atoms with Crippen LogP contribution in [0.5, 0.6) is 0 Å². The summed E-state index contributed by atoms with van der Waals surface area (Å²) in [6.45, 7) is 0. The first-order chi connectivity index (χ1) is 9.74. The number of hydrogen-bond acceptors (Lipinski definition) is 3. The van der Waals surface area contributed by atoms with Crippen molar-refractivity contribution in [2.75, 3.05) is 0 Å². The third-order valence-electron chi connectivity index (χ3n) is 4.60. The summed E-state index contributed by atoms with van der Waals surface area (Å²) >= 11 is 0. The van der Waals surface area contributed by atoms with Crippen molar-refractivity contribution in [3.8, 4) is 6.07 Å². The molecular formula is C17H20N2O. The van der Waals surface area contributed by atoms with E-state index in [1.165, 1.54) is 19.3 Å². The van der Waals surface area contributed by atoms with Gasteiger partial charge in [0.05, 0.1) is 11.6 Å². The van der Waals surface area contributed by atoms with Gasteiger partial charge in [0, 0.05) is 24.4 Å². The fraction of sp³-hybridized carbons (Fsp3) is 0.529. The maximum absolute atomic E-state index is 12.5. The van der Waals surface area contributed by atoms with Crippen LogP contribution in [-0.4, -0.2) is 17.9 Å². The molecule has 0 aromatic heterocycles. The molecular weight excluding hydrogens is 248 g/mol. The van der Waals surface area contributed by atoms with E-state index in [0.29, 0.717) is 29.9 Å². The smallest absolute Gasteiger partial charge is 0.140 e. The highest BCUT2D eigenvalue weighted by Crippen LogP contribution is 2.30. The van der Waals surface area contributed by atoms with Gasteiger partial charge in [-0.05, 0) is 43.4 Å². The Hall–Kier alpha value is -1.66. The number of fused-ring (bicyclic) bond motifs is 2. The van der Waals surface area contributed by atoms with E-state index < -0.39 is 0 Å². The molecule has 2 saturated heterocycles. The molecule has 20 heavy (non-hydrogen) atoms. The Morgan fingerprint density at radius 3 is 2.75 bits per heavy atom. The molecule has 1 N–H and O–H groups in total. The van der Waals surface area contributed by atoms with Crippen LogP contribution in [0, 0.1) is 17.2 Å². The molecule has 2 atom stereocenters. The summed E-state index contributed by atoms with van der Waals surface area (Å²) in [5.41, 5.74) is 1.61. The second kappa shape index (κ2) is 5.76. The van der Waals surface area contributed by atoms with Gasteiger partial charge in [-0.25, -0.2) is 0 Å². The molecule has 1 aromatic carbocycles. The average Bonchev–Trinajstić information content (AvgIpc) is 2.47. The van der Waals surface area contributed by atoms with E-state index in [1.54, 1.807) is 6.07 Å². The molecule has 0 radical (unpaired) electrons. The molecule has 2 aliphatic heterocycles. The van der Waals surface area contributed by atoms with Gasteiger partial charge < -0.3 is 5.32 Å². The standard InChI is InChI=1S/C17H20N2O/c18-11-13-4-1-3-12(7-13)8-17(20)14-9-15-5-2-6-16(10-14)19-15/h1,3-4,7,14-16,19H,2,5-6,8-10H2. The lowest BCUT2D eigenvalue weighted by molar-refractivity contribution is -0.124. The zero-order valence-corrected chi connectivity index (χ0v) is 11.6. The van der Waals surface area contributed by atoms with Gasteiger partial charge in [0.15, 0.2) is 0 Å². The first-order valence-electron chi connectivity index (χ1n) is 7.52. The predicted molar refractivity (Wildman–Crippen MR) is 77.2 cm³/mol. The van der Waals surface area contributed by atoms with E-state index in [2.05, 4.69) is 11.4 Å². The van der Waals surface area contributed by atoms with E-state index in [0.717, 1.165) is 18.4 Å². The minimum absolute atomic E-state index is 0.206. The number of carbonyl (C=O) groups is 1. The van der Waals surface area contributed by atoms with Gasteiger partial charge in [-0.2, -0.15) is 5.26 Å². The Kier molecular flexibility index (Phi) is 3.84. The molecule has 0 saturated carbocycles. The van der Waals surface area contributed by atoms with E-state index in [-0.39, 0.29) is 5.92 Å². The number of rotatable bonds is 3. The summed E-state index contributed by atoms with van der Waals surface area (Å²) in [5, 5.41) is 12.5. The van der Waals surface area contributed by atoms with Crippen molar-refractivity contribution in [2.45, 2.75) is 50.6 Å². The van der Waals surface area contributed by atoms with Crippen LogP contribution in [0.15, 0.2) is 24.3 Å². The molecule has 0 spiro atoms. The molecule has 1 aromatic rings. The number of ketones is 1. The van der Waals surface area contributed by atoms with Gasteiger partial charge in [-0.15, -0.1) is 0 Å². The molecule has 2 aliphatic rings. The normalized spacial score (nSPS) is 28.6. The summed E-state index contributed by atoms with van der Waals surface area (Å²) in [5.74, 6) is 0.552. The summed E-state index contributed by atoms with van der Waals surface area (Å²) in [6, 6.07) is 10.6. The maximum atomic E-state index is 12.5. The monoisotopic (exact) mass is 268 g/mol. The Morgan fingerprint density at radius 1 is 1.30 bits per heavy atom. The molecule has 2 fully saturated rings. The van der Waals surface area contributed by atoms with Crippen molar-refractivity contribution in [2.24, 2.45) is 5.92 Å². The Morgan fingerprint density at radius 2 is 2.05 bits per heavy atom. The number of carbonyl (C=O) groups excluding carboxylic acids is 1. The van der Waals surface area contributed by atoms with Gasteiger partial charge in [0.2, 0.25) is 0 Å². The second-order valence-electron chi connectivity index (χ2n) is 6.12. The van der Waals surface area contributed by atoms with Gasteiger partial charge in [-0.1, -0.05) is 18.6 Å². The lowest BCUT2D eigenvalue weighted by Gasteiger charge is -2.39. The van der Waals surface area contributed by atoms with Crippen molar-refractivity contribution < 1.29 is 4.79 Å². The third kappa shape index (κ3) is 2.91. The first-order valence-corrected chi connectivity index (χ1v) is 7.52. The molecule has 3 rings (SSSR count). The Labute approximate surface area is 120 Å². The molecule has 2 bridgehead atoms. The van der Waals surface area contributed by atoms with Gasteiger partial charge in [-0.3, -0.25) is 4.79 Å². The van der Waals surface area contributed by atoms with Crippen LogP contribution in [0.3, 0.4) is 0 Å². The highest BCUT2D eigenvalue weighted by molar-refractivity contribution is 5.83. The zero-order valence-electron chi connectivity index (χ0n) is 11.6. The lowest BCUT2D eigenvalue weighted by atomic mass is 9.77. The first kappa shape index (κ1) is 13.3. The number of hydrogen-bond donors (Lipinski definition) is 1. The largest absolute Gasteiger partial charge is 0.311 e. The molecule has 0 aliphatic carbocycles. The van der Waals surface area contributed by atoms with Crippen molar-refractivity contribution >= 4 is 5.78 Å². The minimum Gasteiger partial charge on any atom is -0.311 e. The predicted octanol–water partition coefficient (Wildman–Crippen LogP) is 2.59. The van der Waals surface area contributed by atoms with Crippen LogP contribution in [0.25, 0.3) is 0 Å². The Bertz CT molecular complexity index is 534. The second-order valence-corrected chi connectivity index (χ2v) is 6.12. The van der Waals surface area contributed by atoms with Crippen LogP contribution in [0.2, 0.25) is 0 Å². The number of piperidine rings is 2. The molecule has 2 heterocycles. The Balaban J connectivity index is 1.65. The average molecular weight is 268 g/mol. The third-order valence-corrected chi connectivity index (χ3v) is 4.60. The van der Waals surface area contributed by atoms with E-state index in [9.17, 15) is 4.79 Å². The van der Waals surface area contributed by atoms with Crippen LogP contribution in [0.1, 0.15) is 43.2 Å². The van der Waals surface area contributed by atoms with Crippen molar-refractivity contribution in [1.82, 2.24) is 5.32 Å². The molecule has 0 amide bonds. The van der Waals surface area contributed by atoms with Crippen LogP contribution in [-0.2, 0) is 11.2 Å². The molecule has 2 unspecified atom stereocenters. The molecule has 3 nitrogen and oxygen atoms in total. The van der Waals surface area contributed by atoms with E-state index in [4.69, 9.17) is 5.26 Å². The summed E-state index contributed by atoms with van der Waals surface area (Å²) < 4.78 is 0. The topological polar surface area (TPSA) is 52.9 Å². The summed E-state index contributed by atoms with van der Waals surface area (Å²) in [4.78, 5) is 12.5. The van der Waals surface area contributed by atoms with Crippen LogP contribution < -0.4 is 5.32 Å². The summed E-state index contributed by atoms with van der Waals surface area (Å²) in [7, 11) is 0. The fourth-order valence-corrected chi connectivity index (χ4v) is 3.62. The van der Waals surface area contributed by atoms with Gasteiger partial charge >= 0.3 is 0 Å². The van der Waals surface area contributed by atoms with E-state index >= 15 is 0 Å². The maximum Gasteiger partial charge on any atom is 0.140 e. The SMILES string of the molecule is N#Cc1cccc(CC(=O)C2CC3CCCC(C2)N3)c1. The van der Waals surface area contributed by atoms with Crippen LogP contribution in [0.4, 0.5) is 0 Å². The highest BCUT2D eigenvalue weighted by atomic mass is 16.1. The number of nitrogens with one attached hydrogen (secondary N) is 1. The van der Waals surface area contributed by atoms with Gasteiger partial charge in [0.1, 0.15) is 5.78 Å². The lowest BCUT2D eigenvalue weighted by Crippen LogP contribution is -2.50. The number of Topliss-reactive ketones (excluding diaryl/α,β-unsaturated/α-hetero) is 1. The van der Waals surface area contributed by atoms with E-state index in [1.807, 2.05) is 18.2 Å². The van der Waals surface area contributed by atoms with Gasteiger partial charge in [0.25, 0.3) is 0 Å². The highest BCUT2D eigenvalue weighted by Gasteiger charge is 2.34. The fourth-order valence-electron chi connectivity index (χ4n) is 3.62. The number of benzene rings is 1. The van der Waals surface area contributed by atoms with Crippen LogP contribution >= 0.6 is 0 Å². The summed E-state index contributed by atoms with van der Waals surface area (Å²) in [6.07, 6.45) is 6.18. The number of nitriles is 1. The van der Waals surface area contributed by atoms with Crippen molar-refractivity contribution in [3.63, 3.8) is 0 Å².